The van der Waals surface area contributed by atoms with Crippen LogP contribution in [0.25, 0.3) is 11.0 Å². The summed E-state index contributed by atoms with van der Waals surface area (Å²) in [7, 11) is 1.66. The molecule has 1 unspecified atom stereocenters. The molecule has 0 amide bonds. The number of halogens is 3. The summed E-state index contributed by atoms with van der Waals surface area (Å²) in [6.07, 6.45) is -3.48. The molecule has 3 rings (SSSR count). The molecule has 9 heteroatoms. The number of imidazole rings is 1. The van der Waals surface area contributed by atoms with E-state index in [0.717, 1.165) is 23.4 Å². The number of fused-ring (bicyclic) bond motifs is 1. The van der Waals surface area contributed by atoms with E-state index in [2.05, 4.69) is 25.2 Å². The van der Waals surface area contributed by atoms with Crippen LogP contribution in [0.3, 0.4) is 0 Å². The third-order valence-corrected chi connectivity index (χ3v) is 4.71. The van der Waals surface area contributed by atoms with E-state index in [4.69, 9.17) is 0 Å². The Morgan fingerprint density at radius 1 is 1.33 bits per heavy atom. The van der Waals surface area contributed by atoms with Crippen molar-refractivity contribution >= 4 is 17.0 Å². The average molecular weight is 382 g/mol. The van der Waals surface area contributed by atoms with Gasteiger partial charge in [-0.1, -0.05) is 12.1 Å². The molecule has 1 aliphatic heterocycles. The molecule has 2 heterocycles. The van der Waals surface area contributed by atoms with E-state index in [1.54, 1.807) is 7.05 Å². The maximum absolute atomic E-state index is 12.5. The van der Waals surface area contributed by atoms with Crippen LogP contribution in [0, 0.1) is 6.92 Å². The zero-order valence-corrected chi connectivity index (χ0v) is 15.6. The fraction of sp³-hybridized carbons (Fsp3) is 0.556. The Kier molecular flexibility index (Phi) is 5.88. The largest absolute Gasteiger partial charge is 0.401 e. The lowest BCUT2D eigenvalue weighted by atomic mass is 10.3. The maximum Gasteiger partial charge on any atom is 0.401 e. The highest BCUT2D eigenvalue weighted by molar-refractivity contribution is 5.80. The van der Waals surface area contributed by atoms with E-state index in [1.165, 1.54) is 4.90 Å². The molecule has 148 valence electrons. The van der Waals surface area contributed by atoms with Crippen molar-refractivity contribution in [1.82, 2.24) is 25.1 Å². The molecule has 2 N–H and O–H groups in total. The van der Waals surface area contributed by atoms with Gasteiger partial charge in [-0.05, 0) is 25.5 Å². The first-order valence-electron chi connectivity index (χ1n) is 9.04. The molecule has 1 atom stereocenters. The number of nitrogens with zero attached hydrogens (tertiary/aromatic N) is 4. The van der Waals surface area contributed by atoms with Gasteiger partial charge in [-0.25, -0.2) is 4.98 Å². The summed E-state index contributed by atoms with van der Waals surface area (Å²) in [5, 5.41) is 6.46. The van der Waals surface area contributed by atoms with Crippen LogP contribution in [0.15, 0.2) is 29.3 Å². The van der Waals surface area contributed by atoms with Gasteiger partial charge >= 0.3 is 6.18 Å². The van der Waals surface area contributed by atoms with Gasteiger partial charge in [0.2, 0.25) is 0 Å². The summed E-state index contributed by atoms with van der Waals surface area (Å²) in [6.45, 7) is 3.28. The van der Waals surface area contributed by atoms with Crippen LogP contribution in [0.4, 0.5) is 13.2 Å². The summed E-state index contributed by atoms with van der Waals surface area (Å²) in [5.41, 5.74) is 2.05. The van der Waals surface area contributed by atoms with Crippen molar-refractivity contribution in [1.29, 1.82) is 0 Å². The minimum atomic E-state index is -4.15. The number of likely N-dealkylation sites (tertiary alicyclic amines) is 1. The van der Waals surface area contributed by atoms with Crippen molar-refractivity contribution in [3.05, 3.63) is 30.1 Å². The molecule has 27 heavy (non-hydrogen) atoms. The highest BCUT2D eigenvalue weighted by atomic mass is 19.4. The first-order chi connectivity index (χ1) is 12.9. The second kappa shape index (κ2) is 8.16. The lowest BCUT2D eigenvalue weighted by Crippen LogP contribution is -2.45. The molecule has 2 aromatic rings. The van der Waals surface area contributed by atoms with Gasteiger partial charge in [-0.15, -0.1) is 0 Å². The van der Waals surface area contributed by atoms with Crippen molar-refractivity contribution in [2.24, 2.45) is 4.99 Å². The van der Waals surface area contributed by atoms with Crippen molar-refractivity contribution in [3.8, 4) is 0 Å². The highest BCUT2D eigenvalue weighted by Crippen LogP contribution is 2.20. The Morgan fingerprint density at radius 2 is 2.11 bits per heavy atom. The van der Waals surface area contributed by atoms with Gasteiger partial charge in [-0.2, -0.15) is 13.2 Å². The molecule has 1 aromatic heterocycles. The Morgan fingerprint density at radius 3 is 2.85 bits per heavy atom. The summed E-state index contributed by atoms with van der Waals surface area (Å²) in [5.74, 6) is 1.55. The molecular weight excluding hydrogens is 357 g/mol. The van der Waals surface area contributed by atoms with Crippen molar-refractivity contribution in [3.63, 3.8) is 0 Å². The number of benzene rings is 1. The number of hydrogen-bond donors (Lipinski definition) is 2. The zero-order valence-electron chi connectivity index (χ0n) is 15.6. The monoisotopic (exact) mass is 382 g/mol. The van der Waals surface area contributed by atoms with Gasteiger partial charge in [0.15, 0.2) is 5.96 Å². The molecule has 0 bridgehead atoms. The lowest BCUT2D eigenvalue weighted by Gasteiger charge is -2.20. The van der Waals surface area contributed by atoms with Gasteiger partial charge in [0, 0.05) is 39.3 Å². The SMILES string of the molecule is CN=C(NCCn1c(C)nc2ccccc21)NC1CCN(CC(F)(F)F)C1. The van der Waals surface area contributed by atoms with Crippen LogP contribution < -0.4 is 10.6 Å². The topological polar surface area (TPSA) is 57.5 Å². The standard InChI is InChI=1S/C18H25F3N6/c1-13-24-15-5-3-4-6-16(15)27(13)10-8-23-17(22-2)25-14-7-9-26(11-14)12-18(19,20)21/h3-6,14H,7-12H2,1-2H3,(H2,22,23,25). The summed E-state index contributed by atoms with van der Waals surface area (Å²) >= 11 is 0. The summed E-state index contributed by atoms with van der Waals surface area (Å²) in [6, 6.07) is 7.94. The number of aryl methyl sites for hydroxylation is 1. The fourth-order valence-corrected chi connectivity index (χ4v) is 3.50. The van der Waals surface area contributed by atoms with Gasteiger partial charge in [0.1, 0.15) is 5.82 Å². The lowest BCUT2D eigenvalue weighted by molar-refractivity contribution is -0.143. The van der Waals surface area contributed by atoms with E-state index < -0.39 is 12.7 Å². The molecule has 6 nitrogen and oxygen atoms in total. The first kappa shape index (κ1) is 19.5. The third kappa shape index (κ3) is 5.12. The molecule has 1 aromatic carbocycles. The fourth-order valence-electron chi connectivity index (χ4n) is 3.50. The number of hydrogen-bond acceptors (Lipinski definition) is 3. The van der Waals surface area contributed by atoms with E-state index in [0.29, 0.717) is 32.0 Å². The van der Waals surface area contributed by atoms with Crippen LogP contribution in [-0.4, -0.2) is 65.9 Å². The van der Waals surface area contributed by atoms with Crippen LogP contribution in [0.5, 0.6) is 0 Å². The van der Waals surface area contributed by atoms with Crippen molar-refractivity contribution in [2.45, 2.75) is 32.1 Å². The summed E-state index contributed by atoms with van der Waals surface area (Å²) in [4.78, 5) is 10.1. The van der Waals surface area contributed by atoms with Gasteiger partial charge < -0.3 is 15.2 Å². The quantitative estimate of drug-likeness (QED) is 0.615. The second-order valence-electron chi connectivity index (χ2n) is 6.78. The third-order valence-electron chi connectivity index (χ3n) is 4.71. The van der Waals surface area contributed by atoms with E-state index >= 15 is 0 Å². The number of aliphatic imine (C=N–C) groups is 1. The molecule has 1 fully saturated rings. The Bertz CT molecular complexity index is 798. The highest BCUT2D eigenvalue weighted by Gasteiger charge is 2.34. The maximum atomic E-state index is 12.5. The number of alkyl halides is 3. The molecule has 1 saturated heterocycles. The Labute approximate surface area is 156 Å². The Hall–Kier alpha value is -2.29. The van der Waals surface area contributed by atoms with Crippen LogP contribution in [0.2, 0.25) is 0 Å². The number of rotatable bonds is 5. The number of para-hydroxylation sites is 2. The van der Waals surface area contributed by atoms with Gasteiger partial charge in [0.05, 0.1) is 17.6 Å². The second-order valence-corrected chi connectivity index (χ2v) is 6.78. The molecule has 0 radical (unpaired) electrons. The molecular formula is C18H25F3N6. The molecule has 0 saturated carbocycles. The minimum absolute atomic E-state index is 0.0330. The van der Waals surface area contributed by atoms with E-state index in [1.807, 2.05) is 31.2 Å². The Balaban J connectivity index is 1.49. The predicted molar refractivity (Wildman–Crippen MR) is 99.9 cm³/mol. The smallest absolute Gasteiger partial charge is 0.355 e. The van der Waals surface area contributed by atoms with Gasteiger partial charge in [0.25, 0.3) is 0 Å². The molecule has 0 aliphatic carbocycles. The zero-order chi connectivity index (χ0) is 19.4. The molecule has 1 aliphatic rings. The predicted octanol–water partition coefficient (Wildman–Crippen LogP) is 2.15. The number of nitrogens with one attached hydrogen (secondary N) is 2. The van der Waals surface area contributed by atoms with Crippen molar-refractivity contribution < 1.29 is 13.2 Å². The van der Waals surface area contributed by atoms with Crippen LogP contribution >= 0.6 is 0 Å². The van der Waals surface area contributed by atoms with E-state index in [9.17, 15) is 13.2 Å². The minimum Gasteiger partial charge on any atom is -0.355 e. The van der Waals surface area contributed by atoms with Crippen LogP contribution in [0.1, 0.15) is 12.2 Å². The van der Waals surface area contributed by atoms with Crippen molar-refractivity contribution in [2.75, 3.05) is 33.2 Å². The number of guanidine groups is 1. The summed E-state index contributed by atoms with van der Waals surface area (Å²) < 4.78 is 39.6. The normalized spacial score (nSPS) is 19.0. The number of aromatic nitrogens is 2. The average Bonchev–Trinajstić information content (AvgIpc) is 3.16. The van der Waals surface area contributed by atoms with Gasteiger partial charge in [-0.3, -0.25) is 9.89 Å². The van der Waals surface area contributed by atoms with Crippen LogP contribution in [-0.2, 0) is 6.54 Å². The van der Waals surface area contributed by atoms with E-state index in [-0.39, 0.29) is 6.04 Å². The first-order valence-corrected chi connectivity index (χ1v) is 9.04. The molecule has 0 spiro atoms.